The Morgan fingerprint density at radius 3 is 2.85 bits per heavy atom. The number of nitrogens with one attached hydrogen (secondary N) is 1. The number of aryl methyl sites for hydroxylation is 1. The molecule has 0 aliphatic carbocycles. The van der Waals surface area contributed by atoms with Crippen LogP contribution in [0.2, 0.25) is 0 Å². The number of amides is 1. The van der Waals surface area contributed by atoms with Crippen molar-refractivity contribution in [2.75, 3.05) is 25.0 Å². The lowest BCUT2D eigenvalue weighted by Crippen LogP contribution is -2.27. The highest BCUT2D eigenvalue weighted by Crippen LogP contribution is 2.24. The fourth-order valence-corrected chi connectivity index (χ4v) is 3.20. The predicted molar refractivity (Wildman–Crippen MR) is 98.5 cm³/mol. The Morgan fingerprint density at radius 2 is 2.08 bits per heavy atom. The molecule has 1 fully saturated rings. The summed E-state index contributed by atoms with van der Waals surface area (Å²) < 4.78 is 1.75. The molecule has 0 atom stereocenters. The van der Waals surface area contributed by atoms with Gasteiger partial charge in [0.2, 0.25) is 5.91 Å². The first-order valence-electron chi connectivity index (χ1n) is 8.84. The monoisotopic (exact) mass is 351 g/mol. The first-order valence-corrected chi connectivity index (χ1v) is 8.84. The molecule has 0 spiro atoms. The van der Waals surface area contributed by atoms with Gasteiger partial charge >= 0.3 is 0 Å². The number of pyridine rings is 1. The van der Waals surface area contributed by atoms with Gasteiger partial charge < -0.3 is 10.2 Å². The molecule has 0 unspecified atom stereocenters. The van der Waals surface area contributed by atoms with Gasteiger partial charge in [-0.3, -0.25) is 14.5 Å². The molecule has 4 rings (SSSR count). The Hall–Kier alpha value is -3.03. The van der Waals surface area contributed by atoms with Gasteiger partial charge in [0.05, 0.1) is 11.6 Å². The van der Waals surface area contributed by atoms with Crippen molar-refractivity contribution in [2.24, 2.45) is 7.05 Å². The van der Waals surface area contributed by atoms with Crippen molar-refractivity contribution in [3.8, 4) is 11.4 Å². The van der Waals surface area contributed by atoms with Gasteiger partial charge in [-0.05, 0) is 25.0 Å². The Morgan fingerprint density at radius 1 is 1.23 bits per heavy atom. The first-order chi connectivity index (χ1) is 12.7. The van der Waals surface area contributed by atoms with Crippen molar-refractivity contribution in [3.05, 3.63) is 30.7 Å². The molecular formula is C18H21N7O. The Labute approximate surface area is 151 Å². The molecule has 0 radical (unpaired) electrons. The van der Waals surface area contributed by atoms with Crippen LogP contribution in [-0.2, 0) is 11.8 Å². The standard InChI is InChI=1S/C18H21N7O/c1-24-18-14(12-21-24)17(20-7-3-11-25-10-2-4-15(25)26)22-16(23-18)13-5-8-19-9-6-13/h5-6,8-9,12H,2-4,7,10-11H2,1H3,(H,20,22,23). The molecule has 134 valence electrons. The molecule has 0 aromatic carbocycles. The van der Waals surface area contributed by atoms with Crippen LogP contribution in [-0.4, -0.2) is 55.2 Å². The molecular weight excluding hydrogens is 330 g/mol. The minimum absolute atomic E-state index is 0.265. The van der Waals surface area contributed by atoms with Crippen molar-refractivity contribution >= 4 is 22.8 Å². The maximum Gasteiger partial charge on any atom is 0.222 e. The number of nitrogens with zero attached hydrogens (tertiary/aromatic N) is 6. The number of aromatic nitrogens is 5. The summed E-state index contributed by atoms with van der Waals surface area (Å²) in [5, 5.41) is 8.58. The van der Waals surface area contributed by atoms with Gasteiger partial charge in [0, 0.05) is 51.1 Å². The van der Waals surface area contributed by atoms with E-state index in [-0.39, 0.29) is 5.91 Å². The fraction of sp³-hybridized carbons (Fsp3) is 0.389. The van der Waals surface area contributed by atoms with Gasteiger partial charge in [0.15, 0.2) is 11.5 Å². The fourth-order valence-electron chi connectivity index (χ4n) is 3.20. The molecule has 1 saturated heterocycles. The van der Waals surface area contributed by atoms with E-state index in [0.717, 1.165) is 54.9 Å². The summed E-state index contributed by atoms with van der Waals surface area (Å²) >= 11 is 0. The third-order valence-corrected chi connectivity index (χ3v) is 4.60. The number of hydrogen-bond donors (Lipinski definition) is 1. The van der Waals surface area contributed by atoms with Crippen molar-refractivity contribution in [1.82, 2.24) is 29.6 Å². The smallest absolute Gasteiger partial charge is 0.222 e. The highest BCUT2D eigenvalue weighted by atomic mass is 16.2. The minimum Gasteiger partial charge on any atom is -0.369 e. The lowest BCUT2D eigenvalue weighted by atomic mass is 10.2. The van der Waals surface area contributed by atoms with E-state index in [0.29, 0.717) is 12.2 Å². The summed E-state index contributed by atoms with van der Waals surface area (Å²) in [5.74, 6) is 1.67. The predicted octanol–water partition coefficient (Wildman–Crippen LogP) is 1.85. The molecule has 1 N–H and O–H groups in total. The van der Waals surface area contributed by atoms with Crippen LogP contribution in [0.1, 0.15) is 19.3 Å². The van der Waals surface area contributed by atoms with Crippen LogP contribution < -0.4 is 5.32 Å². The SMILES string of the molecule is Cn1ncc2c(NCCCN3CCCC3=O)nc(-c3ccncc3)nc21. The van der Waals surface area contributed by atoms with E-state index in [1.54, 1.807) is 23.3 Å². The van der Waals surface area contributed by atoms with Crippen LogP contribution in [0.4, 0.5) is 5.82 Å². The van der Waals surface area contributed by atoms with Gasteiger partial charge in [-0.1, -0.05) is 0 Å². The first kappa shape index (κ1) is 16.4. The van der Waals surface area contributed by atoms with Crippen LogP contribution in [0.3, 0.4) is 0 Å². The van der Waals surface area contributed by atoms with Gasteiger partial charge in [-0.15, -0.1) is 0 Å². The lowest BCUT2D eigenvalue weighted by molar-refractivity contribution is -0.127. The summed E-state index contributed by atoms with van der Waals surface area (Å²) in [6.07, 6.45) is 7.77. The maximum atomic E-state index is 11.7. The molecule has 4 heterocycles. The zero-order valence-corrected chi connectivity index (χ0v) is 14.7. The number of carbonyl (C=O) groups is 1. The maximum absolute atomic E-state index is 11.7. The van der Waals surface area contributed by atoms with Crippen LogP contribution in [0.15, 0.2) is 30.7 Å². The molecule has 0 bridgehead atoms. The Balaban J connectivity index is 1.53. The van der Waals surface area contributed by atoms with E-state index in [1.807, 2.05) is 24.1 Å². The van der Waals surface area contributed by atoms with Gasteiger partial charge in [0.25, 0.3) is 0 Å². The summed E-state index contributed by atoms with van der Waals surface area (Å²) in [5.41, 5.74) is 1.69. The third-order valence-electron chi connectivity index (χ3n) is 4.60. The second kappa shape index (κ2) is 7.07. The summed E-state index contributed by atoms with van der Waals surface area (Å²) in [6.45, 7) is 2.40. The van der Waals surface area contributed by atoms with Crippen LogP contribution in [0.25, 0.3) is 22.4 Å². The van der Waals surface area contributed by atoms with E-state index in [1.165, 1.54) is 0 Å². The van der Waals surface area contributed by atoms with Crippen LogP contribution in [0, 0.1) is 0 Å². The summed E-state index contributed by atoms with van der Waals surface area (Å²) in [7, 11) is 1.87. The summed E-state index contributed by atoms with van der Waals surface area (Å²) in [6, 6.07) is 3.78. The molecule has 26 heavy (non-hydrogen) atoms. The number of anilines is 1. The molecule has 8 nitrogen and oxygen atoms in total. The average Bonchev–Trinajstić information content (AvgIpc) is 3.25. The molecule has 0 saturated carbocycles. The zero-order chi connectivity index (χ0) is 17.9. The normalized spacial score (nSPS) is 14.3. The number of rotatable bonds is 6. The quantitative estimate of drug-likeness (QED) is 0.682. The van der Waals surface area contributed by atoms with E-state index in [2.05, 4.69) is 25.4 Å². The minimum atomic E-state index is 0.265. The average molecular weight is 351 g/mol. The molecule has 1 aliphatic rings. The molecule has 8 heteroatoms. The van der Waals surface area contributed by atoms with E-state index >= 15 is 0 Å². The Bertz CT molecular complexity index is 922. The van der Waals surface area contributed by atoms with Gasteiger partial charge in [-0.25, -0.2) is 9.97 Å². The topological polar surface area (TPSA) is 88.8 Å². The zero-order valence-electron chi connectivity index (χ0n) is 14.7. The Kier molecular flexibility index (Phi) is 4.47. The molecule has 1 amide bonds. The summed E-state index contributed by atoms with van der Waals surface area (Å²) in [4.78, 5) is 27.0. The van der Waals surface area contributed by atoms with Gasteiger partial charge in [-0.2, -0.15) is 5.10 Å². The second-order valence-electron chi connectivity index (χ2n) is 6.40. The largest absolute Gasteiger partial charge is 0.369 e. The number of hydrogen-bond acceptors (Lipinski definition) is 6. The van der Waals surface area contributed by atoms with Crippen molar-refractivity contribution in [2.45, 2.75) is 19.3 Å². The molecule has 1 aliphatic heterocycles. The highest BCUT2D eigenvalue weighted by Gasteiger charge is 2.19. The molecule has 3 aromatic heterocycles. The number of fused-ring (bicyclic) bond motifs is 1. The lowest BCUT2D eigenvalue weighted by Gasteiger charge is -2.15. The molecule has 3 aromatic rings. The van der Waals surface area contributed by atoms with Crippen LogP contribution >= 0.6 is 0 Å². The number of carbonyl (C=O) groups excluding carboxylic acids is 1. The van der Waals surface area contributed by atoms with E-state index in [4.69, 9.17) is 0 Å². The highest BCUT2D eigenvalue weighted by molar-refractivity contribution is 5.88. The van der Waals surface area contributed by atoms with Gasteiger partial charge in [0.1, 0.15) is 5.82 Å². The second-order valence-corrected chi connectivity index (χ2v) is 6.40. The van der Waals surface area contributed by atoms with E-state index in [9.17, 15) is 4.79 Å². The third kappa shape index (κ3) is 3.22. The van der Waals surface area contributed by atoms with Crippen molar-refractivity contribution in [3.63, 3.8) is 0 Å². The number of likely N-dealkylation sites (tertiary alicyclic amines) is 1. The van der Waals surface area contributed by atoms with Crippen LogP contribution in [0.5, 0.6) is 0 Å². The van der Waals surface area contributed by atoms with Crippen molar-refractivity contribution < 1.29 is 4.79 Å². The van der Waals surface area contributed by atoms with E-state index < -0.39 is 0 Å². The van der Waals surface area contributed by atoms with Crippen molar-refractivity contribution in [1.29, 1.82) is 0 Å².